The summed E-state index contributed by atoms with van der Waals surface area (Å²) in [6.07, 6.45) is 1.78. The first-order valence-corrected chi connectivity index (χ1v) is 12.5. The largest absolute Gasteiger partial charge is 0.476 e. The van der Waals surface area contributed by atoms with Gasteiger partial charge in [-0.2, -0.15) is 0 Å². The lowest BCUT2D eigenvalue weighted by Crippen LogP contribution is -2.56. The van der Waals surface area contributed by atoms with Crippen LogP contribution in [0.1, 0.15) is 75.0 Å². The molecule has 1 aliphatic rings. The van der Waals surface area contributed by atoms with Crippen LogP contribution < -0.4 is 5.32 Å². The molecule has 3 N–H and O–H groups in total. The van der Waals surface area contributed by atoms with E-state index in [1.54, 1.807) is 11.9 Å². The van der Waals surface area contributed by atoms with Crippen molar-refractivity contribution in [2.24, 2.45) is 11.8 Å². The number of likely N-dealkylation sites (N-methyl/N-ethyl adjacent to an activating group) is 2. The van der Waals surface area contributed by atoms with Crippen molar-refractivity contribution in [1.82, 2.24) is 20.1 Å². The quantitative estimate of drug-likeness (QED) is 0.442. The Kier molecular flexibility index (Phi) is 9.81. The Morgan fingerprint density at radius 2 is 2.00 bits per heavy atom. The fourth-order valence-corrected chi connectivity index (χ4v) is 5.09. The first kappa shape index (κ1) is 27.2. The molecule has 2 rings (SSSR count). The van der Waals surface area contributed by atoms with Crippen LogP contribution >= 0.6 is 11.3 Å². The molecule has 5 atom stereocenters. The fourth-order valence-electron chi connectivity index (χ4n) is 4.30. The number of nitrogens with zero attached hydrogens (tertiary/aromatic N) is 3. The minimum atomic E-state index is -1.14. The number of likely N-dealkylation sites (tertiary alicyclic amines) is 1. The van der Waals surface area contributed by atoms with Crippen LogP contribution in [0.5, 0.6) is 0 Å². The number of nitrogens with one attached hydrogen (secondary N) is 1. The molecule has 10 heteroatoms. The van der Waals surface area contributed by atoms with Crippen LogP contribution in [0.4, 0.5) is 0 Å². The Bertz CT molecular complexity index is 830. The second-order valence-electron chi connectivity index (χ2n) is 9.40. The first-order chi connectivity index (χ1) is 15.5. The van der Waals surface area contributed by atoms with E-state index in [0.29, 0.717) is 5.01 Å². The molecule has 1 unspecified atom stereocenters. The van der Waals surface area contributed by atoms with E-state index >= 15 is 0 Å². The van der Waals surface area contributed by atoms with Gasteiger partial charge in [0, 0.05) is 24.9 Å². The molecule has 1 aromatic heterocycles. The molecule has 2 amide bonds. The van der Waals surface area contributed by atoms with Crippen molar-refractivity contribution < 1.29 is 24.6 Å². The zero-order chi connectivity index (χ0) is 24.9. The summed E-state index contributed by atoms with van der Waals surface area (Å²) in [5, 5.41) is 24.6. The van der Waals surface area contributed by atoms with Crippen molar-refractivity contribution in [1.29, 1.82) is 0 Å². The maximum atomic E-state index is 13.5. The molecule has 0 bridgehead atoms. The average molecular weight is 483 g/mol. The molecule has 1 aromatic rings. The molecule has 186 valence electrons. The number of rotatable bonds is 11. The van der Waals surface area contributed by atoms with Gasteiger partial charge in [-0.25, -0.2) is 9.78 Å². The fraction of sp³-hybridized carbons (Fsp3) is 0.739. The number of thiazole rings is 1. The molecule has 0 aliphatic carbocycles. The van der Waals surface area contributed by atoms with Gasteiger partial charge in [-0.05, 0) is 38.3 Å². The van der Waals surface area contributed by atoms with E-state index in [4.69, 9.17) is 5.11 Å². The number of amides is 2. The number of aliphatic hydroxyl groups excluding tert-OH is 1. The Hall–Kier alpha value is -2.04. The van der Waals surface area contributed by atoms with Gasteiger partial charge in [-0.3, -0.25) is 14.5 Å². The SMILES string of the molecule is CCC(C)[C@@H](C[C@@H](O)c1nc(C(=O)O)cs1)N(C)C(=O)[C@@H](NC(=O)[C@H]1CCCN1C)C(C)C. The number of aliphatic hydroxyl groups is 1. The van der Waals surface area contributed by atoms with Gasteiger partial charge in [0.15, 0.2) is 5.69 Å². The molecule has 2 heterocycles. The summed E-state index contributed by atoms with van der Waals surface area (Å²) in [5.74, 6) is -1.48. The summed E-state index contributed by atoms with van der Waals surface area (Å²) >= 11 is 1.09. The molecule has 0 radical (unpaired) electrons. The highest BCUT2D eigenvalue weighted by molar-refractivity contribution is 7.09. The number of hydrogen-bond donors (Lipinski definition) is 3. The second-order valence-corrected chi connectivity index (χ2v) is 10.3. The van der Waals surface area contributed by atoms with E-state index in [1.807, 2.05) is 39.6 Å². The van der Waals surface area contributed by atoms with E-state index < -0.39 is 18.1 Å². The Morgan fingerprint density at radius 1 is 1.33 bits per heavy atom. The van der Waals surface area contributed by atoms with Crippen LogP contribution in [-0.4, -0.2) is 81.5 Å². The van der Waals surface area contributed by atoms with Crippen LogP contribution in [0.2, 0.25) is 0 Å². The zero-order valence-corrected chi connectivity index (χ0v) is 21.3. The number of aromatic carboxylic acids is 1. The lowest BCUT2D eigenvalue weighted by Gasteiger charge is -2.37. The third-order valence-corrected chi connectivity index (χ3v) is 7.64. The molecule has 9 nitrogen and oxygen atoms in total. The van der Waals surface area contributed by atoms with Gasteiger partial charge < -0.3 is 20.4 Å². The van der Waals surface area contributed by atoms with Gasteiger partial charge in [-0.1, -0.05) is 34.1 Å². The molecule has 1 saturated heterocycles. The van der Waals surface area contributed by atoms with Crippen molar-refractivity contribution in [2.45, 2.75) is 77.6 Å². The lowest BCUT2D eigenvalue weighted by atomic mass is 9.91. The number of carboxylic acids is 1. The normalized spacial score (nSPS) is 20.3. The zero-order valence-electron chi connectivity index (χ0n) is 20.4. The average Bonchev–Trinajstić information content (AvgIpc) is 3.43. The predicted molar refractivity (Wildman–Crippen MR) is 127 cm³/mol. The van der Waals surface area contributed by atoms with E-state index in [1.165, 1.54) is 5.38 Å². The van der Waals surface area contributed by atoms with Crippen molar-refractivity contribution >= 4 is 29.1 Å². The predicted octanol–water partition coefficient (Wildman–Crippen LogP) is 2.37. The summed E-state index contributed by atoms with van der Waals surface area (Å²) in [4.78, 5) is 45.2. The highest BCUT2D eigenvalue weighted by Crippen LogP contribution is 2.29. The molecule has 1 fully saturated rings. The van der Waals surface area contributed by atoms with Crippen LogP contribution in [0, 0.1) is 11.8 Å². The van der Waals surface area contributed by atoms with Crippen molar-refractivity contribution in [3.63, 3.8) is 0 Å². The van der Waals surface area contributed by atoms with Crippen molar-refractivity contribution in [3.8, 4) is 0 Å². The number of aromatic nitrogens is 1. The smallest absolute Gasteiger partial charge is 0.355 e. The summed E-state index contributed by atoms with van der Waals surface area (Å²) < 4.78 is 0. The van der Waals surface area contributed by atoms with Crippen LogP contribution in [0.3, 0.4) is 0 Å². The Balaban J connectivity index is 2.17. The van der Waals surface area contributed by atoms with E-state index in [9.17, 15) is 19.5 Å². The van der Waals surface area contributed by atoms with Gasteiger partial charge in [0.2, 0.25) is 11.8 Å². The van der Waals surface area contributed by atoms with E-state index in [-0.39, 0.29) is 47.8 Å². The van der Waals surface area contributed by atoms with Gasteiger partial charge >= 0.3 is 5.97 Å². The van der Waals surface area contributed by atoms with Gasteiger partial charge in [0.25, 0.3) is 0 Å². The Labute approximate surface area is 200 Å². The molecule has 33 heavy (non-hydrogen) atoms. The highest BCUT2D eigenvalue weighted by atomic mass is 32.1. The van der Waals surface area contributed by atoms with Gasteiger partial charge in [0.1, 0.15) is 17.2 Å². The van der Waals surface area contributed by atoms with Gasteiger partial charge in [0.05, 0.1) is 6.04 Å². The molecular formula is C23H38N4O5S. The molecule has 1 aliphatic heterocycles. The summed E-state index contributed by atoms with van der Waals surface area (Å²) in [7, 11) is 3.63. The summed E-state index contributed by atoms with van der Waals surface area (Å²) in [6.45, 7) is 8.72. The third kappa shape index (κ3) is 6.74. The molecule has 0 saturated carbocycles. The number of hydrogen-bond acceptors (Lipinski definition) is 7. The molecule has 0 spiro atoms. The lowest BCUT2D eigenvalue weighted by molar-refractivity contribution is -0.140. The number of carbonyl (C=O) groups excluding carboxylic acids is 2. The molecule has 0 aromatic carbocycles. The summed E-state index contributed by atoms with van der Waals surface area (Å²) in [6, 6.07) is -1.19. The topological polar surface area (TPSA) is 123 Å². The minimum Gasteiger partial charge on any atom is -0.476 e. The van der Waals surface area contributed by atoms with E-state index in [0.717, 1.165) is 37.1 Å². The van der Waals surface area contributed by atoms with E-state index in [2.05, 4.69) is 10.3 Å². The monoisotopic (exact) mass is 482 g/mol. The highest BCUT2D eigenvalue weighted by Gasteiger charge is 2.36. The van der Waals surface area contributed by atoms with Gasteiger partial charge in [-0.15, -0.1) is 11.3 Å². The van der Waals surface area contributed by atoms with Crippen molar-refractivity contribution in [2.75, 3.05) is 20.6 Å². The maximum Gasteiger partial charge on any atom is 0.355 e. The number of carboxylic acid groups (broad SMARTS) is 1. The standard InChI is InChI=1S/C23H38N4O5S/c1-7-14(4)17(11-18(28)21-24-15(12-33-21)23(31)32)27(6)22(30)19(13(2)3)25-20(29)16-9-8-10-26(16)5/h12-14,16-19,28H,7-11H2,1-6H3,(H,25,29)(H,31,32)/t14?,16-,17-,18-,19+/m1/s1. The minimum absolute atomic E-state index is 0.0805. The Morgan fingerprint density at radius 3 is 2.48 bits per heavy atom. The summed E-state index contributed by atoms with van der Waals surface area (Å²) in [5.41, 5.74) is -0.0990. The van der Waals surface area contributed by atoms with Crippen LogP contribution in [0.25, 0.3) is 0 Å². The maximum absolute atomic E-state index is 13.5. The van der Waals surface area contributed by atoms with Crippen LogP contribution in [0.15, 0.2) is 5.38 Å². The molecular weight excluding hydrogens is 444 g/mol. The first-order valence-electron chi connectivity index (χ1n) is 11.6. The third-order valence-electron chi connectivity index (χ3n) is 6.69. The second kappa shape index (κ2) is 11.9. The van der Waals surface area contributed by atoms with Crippen molar-refractivity contribution in [3.05, 3.63) is 16.1 Å². The van der Waals surface area contributed by atoms with Crippen LogP contribution in [-0.2, 0) is 9.59 Å². The number of carbonyl (C=O) groups is 3.